The zero-order valence-corrected chi connectivity index (χ0v) is 8.97. The second kappa shape index (κ2) is 4.56. The van der Waals surface area contributed by atoms with Gasteiger partial charge in [0.05, 0.1) is 24.1 Å². The van der Waals surface area contributed by atoms with E-state index in [1.165, 1.54) is 24.5 Å². The number of aromatic nitrogens is 2. The Bertz CT molecular complexity index is 522. The van der Waals surface area contributed by atoms with Crippen LogP contribution < -0.4 is 11.1 Å². The van der Waals surface area contributed by atoms with Crippen LogP contribution in [0.3, 0.4) is 0 Å². The van der Waals surface area contributed by atoms with Gasteiger partial charge < -0.3 is 21.1 Å². The number of nitrogens with zero attached hydrogens (tertiary/aromatic N) is 1. The summed E-state index contributed by atoms with van der Waals surface area (Å²) in [6.45, 7) is 0.327. The van der Waals surface area contributed by atoms with Crippen molar-refractivity contribution in [3.05, 3.63) is 42.0 Å². The summed E-state index contributed by atoms with van der Waals surface area (Å²) < 4.78 is 0. The van der Waals surface area contributed by atoms with Crippen LogP contribution in [0.25, 0.3) is 0 Å². The van der Waals surface area contributed by atoms with Gasteiger partial charge >= 0.3 is 0 Å². The van der Waals surface area contributed by atoms with Crippen LogP contribution in [0.4, 0.5) is 5.69 Å². The molecule has 2 rings (SSSR count). The molecule has 1 heterocycles. The molecule has 0 unspecified atom stereocenters. The quantitative estimate of drug-likeness (QED) is 0.460. The van der Waals surface area contributed by atoms with Crippen LogP contribution in [0.5, 0.6) is 5.75 Å². The Balaban J connectivity index is 2.07. The van der Waals surface area contributed by atoms with Gasteiger partial charge in [0, 0.05) is 11.9 Å². The molecule has 0 fully saturated rings. The molecule has 0 saturated carbocycles. The predicted octanol–water partition coefficient (Wildman–Crippen LogP) is 0.628. The highest BCUT2D eigenvalue weighted by molar-refractivity contribution is 5.99. The summed E-state index contributed by atoms with van der Waals surface area (Å²) in [6, 6.07) is 4.25. The number of anilines is 1. The number of phenolic OH excluding ortho intramolecular Hbond substituents is 1. The lowest BCUT2D eigenvalue weighted by atomic mass is 10.1. The summed E-state index contributed by atoms with van der Waals surface area (Å²) in [6.07, 6.45) is 3.15. The average molecular weight is 232 g/mol. The van der Waals surface area contributed by atoms with Crippen molar-refractivity contribution >= 4 is 11.6 Å². The molecule has 0 bridgehead atoms. The third kappa shape index (κ3) is 2.54. The van der Waals surface area contributed by atoms with Crippen LogP contribution in [0.1, 0.15) is 16.1 Å². The second-order valence-corrected chi connectivity index (χ2v) is 3.53. The Morgan fingerprint density at radius 2 is 2.35 bits per heavy atom. The van der Waals surface area contributed by atoms with Gasteiger partial charge in [-0.25, -0.2) is 4.98 Å². The maximum absolute atomic E-state index is 11.8. The minimum Gasteiger partial charge on any atom is -0.508 e. The van der Waals surface area contributed by atoms with Crippen molar-refractivity contribution in [2.75, 3.05) is 5.73 Å². The summed E-state index contributed by atoms with van der Waals surface area (Å²) >= 11 is 0. The molecular formula is C11H12N4O2. The van der Waals surface area contributed by atoms with Crippen molar-refractivity contribution < 1.29 is 9.90 Å². The molecule has 0 aliphatic rings. The van der Waals surface area contributed by atoms with Crippen LogP contribution in [0.2, 0.25) is 0 Å². The number of aromatic hydroxyl groups is 1. The minimum atomic E-state index is -0.340. The Morgan fingerprint density at radius 1 is 1.53 bits per heavy atom. The first kappa shape index (κ1) is 11.0. The zero-order valence-electron chi connectivity index (χ0n) is 8.97. The number of phenols is 1. The van der Waals surface area contributed by atoms with Crippen molar-refractivity contribution in [2.45, 2.75) is 6.54 Å². The zero-order chi connectivity index (χ0) is 12.3. The topological polar surface area (TPSA) is 104 Å². The number of nitrogens with two attached hydrogens (primary N) is 1. The van der Waals surface area contributed by atoms with Gasteiger partial charge in [-0.3, -0.25) is 4.79 Å². The number of carbonyl (C=O) groups excluding carboxylic acids is 1. The molecule has 0 aliphatic carbocycles. The van der Waals surface area contributed by atoms with Gasteiger partial charge in [0.25, 0.3) is 5.91 Å². The molecule has 1 aromatic heterocycles. The fourth-order valence-electron chi connectivity index (χ4n) is 1.39. The molecule has 6 heteroatoms. The van der Waals surface area contributed by atoms with Crippen molar-refractivity contribution in [3.8, 4) is 5.75 Å². The highest BCUT2D eigenvalue weighted by Crippen LogP contribution is 2.18. The third-order valence-corrected chi connectivity index (χ3v) is 2.28. The van der Waals surface area contributed by atoms with E-state index < -0.39 is 0 Å². The largest absolute Gasteiger partial charge is 0.508 e. The lowest BCUT2D eigenvalue weighted by molar-refractivity contribution is 0.0951. The van der Waals surface area contributed by atoms with E-state index in [1.54, 1.807) is 6.20 Å². The van der Waals surface area contributed by atoms with Gasteiger partial charge in [0.1, 0.15) is 5.75 Å². The number of amides is 1. The third-order valence-electron chi connectivity index (χ3n) is 2.28. The van der Waals surface area contributed by atoms with E-state index in [0.717, 1.165) is 5.69 Å². The van der Waals surface area contributed by atoms with Crippen molar-refractivity contribution in [1.29, 1.82) is 0 Å². The van der Waals surface area contributed by atoms with Gasteiger partial charge in [-0.05, 0) is 18.2 Å². The van der Waals surface area contributed by atoms with Crippen LogP contribution in [0, 0.1) is 0 Å². The van der Waals surface area contributed by atoms with Gasteiger partial charge in [0.15, 0.2) is 0 Å². The Morgan fingerprint density at radius 3 is 3.06 bits per heavy atom. The minimum absolute atomic E-state index is 0.00545. The first-order valence-electron chi connectivity index (χ1n) is 5.01. The Hall–Kier alpha value is -2.50. The standard InChI is InChI=1S/C11H12N4O2/c12-10-2-1-8(16)3-9(10)11(17)14-5-7-4-13-6-15-7/h1-4,6,16H,5,12H2,(H,13,15)(H,14,17). The predicted molar refractivity (Wildman–Crippen MR) is 62.3 cm³/mol. The highest BCUT2D eigenvalue weighted by atomic mass is 16.3. The number of nitrogen functional groups attached to an aromatic ring is 1. The molecule has 88 valence electrons. The number of benzene rings is 1. The first-order chi connectivity index (χ1) is 8.16. The normalized spacial score (nSPS) is 10.1. The molecule has 6 nitrogen and oxygen atoms in total. The number of H-pyrrole nitrogens is 1. The van der Waals surface area contributed by atoms with Crippen molar-refractivity contribution in [1.82, 2.24) is 15.3 Å². The van der Waals surface area contributed by atoms with E-state index in [0.29, 0.717) is 12.2 Å². The molecule has 0 atom stereocenters. The Kier molecular flexibility index (Phi) is 2.95. The number of aromatic amines is 1. The molecular weight excluding hydrogens is 220 g/mol. The van der Waals surface area contributed by atoms with E-state index in [2.05, 4.69) is 15.3 Å². The number of carbonyl (C=O) groups is 1. The van der Waals surface area contributed by atoms with Crippen LogP contribution in [0.15, 0.2) is 30.7 Å². The van der Waals surface area contributed by atoms with Crippen LogP contribution in [-0.2, 0) is 6.54 Å². The number of imidazole rings is 1. The van der Waals surface area contributed by atoms with Gasteiger partial charge in [-0.2, -0.15) is 0 Å². The van der Waals surface area contributed by atoms with Crippen molar-refractivity contribution in [3.63, 3.8) is 0 Å². The molecule has 0 saturated heterocycles. The summed E-state index contributed by atoms with van der Waals surface area (Å²) in [5.74, 6) is -0.334. The molecule has 0 spiro atoms. The molecule has 2 aromatic rings. The van der Waals surface area contributed by atoms with E-state index >= 15 is 0 Å². The second-order valence-electron chi connectivity index (χ2n) is 3.53. The number of nitrogens with one attached hydrogen (secondary N) is 2. The first-order valence-corrected chi connectivity index (χ1v) is 5.01. The molecule has 0 radical (unpaired) electrons. The average Bonchev–Trinajstić information content (AvgIpc) is 2.82. The van der Waals surface area contributed by atoms with E-state index in [-0.39, 0.29) is 17.2 Å². The lowest BCUT2D eigenvalue weighted by Crippen LogP contribution is -2.23. The smallest absolute Gasteiger partial charge is 0.253 e. The SMILES string of the molecule is Nc1ccc(O)cc1C(=O)NCc1cnc[nH]1. The summed E-state index contributed by atoms with van der Waals surface area (Å²) in [4.78, 5) is 18.5. The van der Waals surface area contributed by atoms with Crippen LogP contribution >= 0.6 is 0 Å². The highest BCUT2D eigenvalue weighted by Gasteiger charge is 2.10. The number of hydrogen-bond acceptors (Lipinski definition) is 4. The fourth-order valence-corrected chi connectivity index (χ4v) is 1.39. The molecule has 1 aromatic carbocycles. The van der Waals surface area contributed by atoms with Gasteiger partial charge in [-0.15, -0.1) is 0 Å². The van der Waals surface area contributed by atoms with E-state index in [4.69, 9.17) is 5.73 Å². The number of hydrogen-bond donors (Lipinski definition) is 4. The maximum atomic E-state index is 11.8. The molecule has 1 amide bonds. The summed E-state index contributed by atoms with van der Waals surface area (Å²) in [5, 5.41) is 12.0. The number of rotatable bonds is 3. The van der Waals surface area contributed by atoms with Crippen molar-refractivity contribution in [2.24, 2.45) is 0 Å². The Labute approximate surface area is 97.5 Å². The maximum Gasteiger partial charge on any atom is 0.253 e. The van der Waals surface area contributed by atoms with Gasteiger partial charge in [-0.1, -0.05) is 0 Å². The van der Waals surface area contributed by atoms with Gasteiger partial charge in [0.2, 0.25) is 0 Å². The molecule has 5 N–H and O–H groups in total. The molecule has 0 aliphatic heterocycles. The van der Waals surface area contributed by atoms with E-state index in [9.17, 15) is 9.90 Å². The van der Waals surface area contributed by atoms with Crippen LogP contribution in [-0.4, -0.2) is 21.0 Å². The molecule has 17 heavy (non-hydrogen) atoms. The fraction of sp³-hybridized carbons (Fsp3) is 0.0909. The summed E-state index contributed by atoms with van der Waals surface area (Å²) in [7, 11) is 0. The summed E-state index contributed by atoms with van der Waals surface area (Å²) in [5.41, 5.74) is 7.01. The van der Waals surface area contributed by atoms with E-state index in [1.807, 2.05) is 0 Å². The lowest BCUT2D eigenvalue weighted by Gasteiger charge is -2.06. The monoisotopic (exact) mass is 232 g/mol.